The minimum absolute atomic E-state index is 1.46. The van der Waals surface area contributed by atoms with E-state index in [-0.39, 0.29) is 0 Å². The molecule has 1 nitrogen and oxygen atoms in total. The van der Waals surface area contributed by atoms with E-state index in [9.17, 15) is 0 Å². The Morgan fingerprint density at radius 2 is 0.253 bits per heavy atom. The molecule has 0 aliphatic carbocycles. The summed E-state index contributed by atoms with van der Waals surface area (Å²) in [6.45, 7) is -1.80. The van der Waals surface area contributed by atoms with Gasteiger partial charge in [-0.05, 0) is 101 Å². The van der Waals surface area contributed by atoms with Crippen LogP contribution >= 0.6 is 768 Å². The van der Waals surface area contributed by atoms with Crippen molar-refractivity contribution in [2.24, 2.45) is 0 Å². The smallest absolute Gasteiger partial charge is 0.0817 e. The maximum absolute atomic E-state index is 5.18. The van der Waals surface area contributed by atoms with Crippen LogP contribution < -0.4 is 0 Å². The van der Waals surface area contributed by atoms with Crippen molar-refractivity contribution in [1.82, 2.24) is 0 Å². The second-order valence-corrected chi connectivity index (χ2v) is 149. The number of thiol groups is 1. The average Bonchev–Trinajstić information content (AvgIpc) is 3.49. The summed E-state index contributed by atoms with van der Waals surface area (Å²) >= 11 is 14.5. The molecule has 0 atom stereocenters. The standard InChI is InChI=1S/CH4OS81/c1-2-83(4,5)82-81-80-79-78-77-76-75-74-73-72-71-70-69-68-67-66-65-64-63-62-61-60-59-58-57-56-55-54-53-52-51-50-49-48-47-46-45-44-43-42-41-40-39-38-37-36-35-34-33-32-31-30-29-28-27-26-25-24-23-22-21-20-19-18-17-16-15-14-13-12-11-10-9-8-7-6-3/h3H,1H3. The van der Waals surface area contributed by atoms with Crippen LogP contribution in [0.4, 0.5) is 0 Å². The van der Waals surface area contributed by atoms with Crippen LogP contribution in [0.25, 0.3) is 0 Å². The minimum atomic E-state index is -1.80. The van der Waals surface area contributed by atoms with Crippen molar-refractivity contribution < 1.29 is 4.18 Å². The zero-order chi connectivity index (χ0) is 59.7. The fourth-order valence-electron chi connectivity index (χ4n) is 0.913. The molecule has 0 aromatic heterocycles. The van der Waals surface area contributed by atoms with Gasteiger partial charge < -0.3 is 4.18 Å². The Hall–Kier alpha value is 28.1. The summed E-state index contributed by atoms with van der Waals surface area (Å²) in [7, 11) is 140. The highest BCUT2D eigenvalue weighted by Gasteiger charge is 2.08. The zero-order valence-corrected chi connectivity index (χ0v) is 101. The molecule has 500 valence electrons. The van der Waals surface area contributed by atoms with E-state index in [4.69, 9.17) is 26.6 Å². The van der Waals surface area contributed by atoms with Gasteiger partial charge in [0.2, 0.25) is 0 Å². The van der Waals surface area contributed by atoms with Gasteiger partial charge in [0.1, 0.15) is 0 Å². The molecule has 83 heavy (non-hydrogen) atoms. The highest BCUT2D eigenvalue weighted by Crippen LogP contribution is 2.72. The molecule has 0 fully saturated rings. The molecule has 0 N–H and O–H groups in total. The van der Waals surface area contributed by atoms with E-state index in [1.807, 2.05) is 590 Å². The summed E-state index contributed by atoms with van der Waals surface area (Å²) in [6.07, 6.45) is 0. The second kappa shape index (κ2) is 104. The Balaban J connectivity index is 3.09. The summed E-state index contributed by atoms with van der Waals surface area (Å²) in [4.78, 5) is 0. The van der Waals surface area contributed by atoms with Gasteiger partial charge in [0.15, 0.2) is 0 Å². The summed E-state index contributed by atoms with van der Waals surface area (Å²) < 4.78 is 5.12. The van der Waals surface area contributed by atoms with E-state index < -0.39 is 6.46 Å². The monoisotopic (exact) mass is 2620 g/mol. The SMILES string of the molecule is COS(=S)(=S)SSSSSSSSSSSSSSSSSSSSSSSSSSSSSSSSSSSSSSSSSSSSSSSSSSSSSSSSSSSSSSSSSSSSSSSSSSSSSS. The lowest BCUT2D eigenvalue weighted by Crippen LogP contribution is -1.87. The molecule has 0 heterocycles. The van der Waals surface area contributed by atoms with Crippen LogP contribution in [0.3, 0.4) is 0 Å². The van der Waals surface area contributed by atoms with Crippen LogP contribution in [-0.2, 0) is 33.0 Å². The Morgan fingerprint density at radius 3 is 0.337 bits per heavy atom. The predicted octanol–water partition coefficient (Wildman–Crippen LogP) is 50.4. The highest BCUT2D eigenvalue weighted by atomic mass is 34.1. The summed E-state index contributed by atoms with van der Waals surface area (Å²) in [6, 6.07) is 0. The maximum atomic E-state index is 5.18. The molecule has 0 aliphatic rings. The molecule has 0 bridgehead atoms. The third kappa shape index (κ3) is 106. The lowest BCUT2D eigenvalue weighted by atomic mass is 11.8. The van der Waals surface area contributed by atoms with Gasteiger partial charge in [0.25, 0.3) is 0 Å². The molecule has 0 saturated heterocycles. The van der Waals surface area contributed by atoms with E-state index in [2.05, 4.69) is 11.7 Å². The summed E-state index contributed by atoms with van der Waals surface area (Å²) in [5, 5.41) is 0. The molecular weight excluding hydrogens is 2630 g/mol. The first kappa shape index (κ1) is 111. The van der Waals surface area contributed by atoms with Crippen LogP contribution in [0, 0.1) is 0 Å². The quantitative estimate of drug-likeness (QED) is 0.0352. The predicted molar refractivity (Wildman–Crippen MR) is 623 cm³/mol. The second-order valence-electron chi connectivity index (χ2n) is 5.82. The molecule has 0 aliphatic heterocycles. The van der Waals surface area contributed by atoms with Gasteiger partial charge in [0.05, 0.1) is 13.6 Å². The molecular formula is CH4OS81. The molecule has 0 spiro atoms. The van der Waals surface area contributed by atoms with Gasteiger partial charge in [-0.3, -0.25) is 0 Å². The van der Waals surface area contributed by atoms with Crippen molar-refractivity contribution >= 4 is 797 Å². The molecule has 0 unspecified atom stereocenters. The summed E-state index contributed by atoms with van der Waals surface area (Å²) in [5.41, 5.74) is 0. The van der Waals surface area contributed by atoms with E-state index in [1.54, 1.807) is 154 Å². The van der Waals surface area contributed by atoms with Gasteiger partial charge in [-0.15, -0.1) is 0 Å². The van der Waals surface area contributed by atoms with E-state index in [0.717, 1.165) is 0 Å². The average molecular weight is 2630 g/mol. The summed E-state index contributed by atoms with van der Waals surface area (Å²) in [5.74, 6) is 0. The first-order chi connectivity index (χ1) is 41.1. The Morgan fingerprint density at radius 1 is 0.169 bits per heavy atom. The third-order valence-corrected chi connectivity index (χ3v) is 178. The number of rotatable bonds is 78. The molecule has 0 aromatic carbocycles. The molecule has 0 aromatic rings. The lowest BCUT2D eigenvalue weighted by Gasteiger charge is -2.03. The van der Waals surface area contributed by atoms with Crippen molar-refractivity contribution in [2.75, 3.05) is 7.11 Å². The van der Waals surface area contributed by atoms with Gasteiger partial charge in [0, 0.05) is 678 Å². The first-order valence-corrected chi connectivity index (χ1v) is 121. The van der Waals surface area contributed by atoms with Crippen molar-refractivity contribution in [1.29, 1.82) is 0 Å². The van der Waals surface area contributed by atoms with Crippen LogP contribution in [-0.4, -0.2) is 7.11 Å². The number of hydrogen-bond acceptors (Lipinski definition) is 81. The third-order valence-electron chi connectivity index (χ3n) is 2.40. The molecule has 0 rings (SSSR count). The first-order valence-electron chi connectivity index (χ1n) is 13.9. The zero-order valence-electron chi connectivity index (χ0n) is 34.5. The topological polar surface area (TPSA) is 9.23 Å². The Kier molecular flexibility index (Phi) is 139. The Labute approximate surface area is 785 Å². The molecule has 0 amide bonds. The van der Waals surface area contributed by atoms with Crippen LogP contribution in [0.15, 0.2) is 0 Å². The molecule has 0 radical (unpaired) electrons. The van der Waals surface area contributed by atoms with Crippen molar-refractivity contribution in [2.45, 2.75) is 0 Å². The largest absolute Gasteiger partial charge is 0.305 e. The molecule has 0 saturated carbocycles. The van der Waals surface area contributed by atoms with Crippen LogP contribution in [0.2, 0.25) is 0 Å². The lowest BCUT2D eigenvalue weighted by molar-refractivity contribution is 0.491. The fourth-order valence-corrected chi connectivity index (χ4v) is 214. The van der Waals surface area contributed by atoms with Crippen molar-refractivity contribution in [3.05, 3.63) is 0 Å². The highest BCUT2D eigenvalue weighted by molar-refractivity contribution is 9.66. The molecule has 82 heteroatoms. The van der Waals surface area contributed by atoms with Crippen molar-refractivity contribution in [3.8, 4) is 0 Å². The van der Waals surface area contributed by atoms with Gasteiger partial charge >= 0.3 is 0 Å². The minimum Gasteiger partial charge on any atom is -0.305 e. The van der Waals surface area contributed by atoms with Gasteiger partial charge in [-0.25, -0.2) is 0 Å². The van der Waals surface area contributed by atoms with E-state index >= 15 is 0 Å². The van der Waals surface area contributed by atoms with E-state index in [1.165, 1.54) is 19.7 Å². The maximum Gasteiger partial charge on any atom is 0.0817 e. The normalized spacial score (nSPS) is 12.0. The fraction of sp³-hybridized carbons (Fsp3) is 1.00. The van der Waals surface area contributed by atoms with Crippen LogP contribution in [0.1, 0.15) is 0 Å². The van der Waals surface area contributed by atoms with Crippen LogP contribution in [0.5, 0.6) is 0 Å². The van der Waals surface area contributed by atoms with Gasteiger partial charge in [-0.2, -0.15) is 0 Å². The Bertz CT molecular complexity index is 1210. The van der Waals surface area contributed by atoms with Crippen molar-refractivity contribution in [3.63, 3.8) is 0 Å². The van der Waals surface area contributed by atoms with E-state index in [0.29, 0.717) is 0 Å². The number of hydrogen-bond donors (Lipinski definition) is 1. The van der Waals surface area contributed by atoms with Gasteiger partial charge in [-0.1, -0.05) is 11.7 Å².